The molecule has 3 aromatic rings. The molecule has 0 spiro atoms. The van der Waals surface area contributed by atoms with Crippen molar-refractivity contribution < 1.29 is 9.53 Å². The minimum absolute atomic E-state index is 0.0611. The van der Waals surface area contributed by atoms with Gasteiger partial charge in [-0.3, -0.25) is 4.79 Å². The number of benzene rings is 3. The SMILES string of the molecule is COc1c(-c2ccccc2)cc(C(C)=O)c2ccccc12. The molecule has 3 aromatic carbocycles. The zero-order valence-electron chi connectivity index (χ0n) is 12.1. The lowest BCUT2D eigenvalue weighted by Gasteiger charge is -2.15. The van der Waals surface area contributed by atoms with E-state index in [0.717, 1.165) is 33.2 Å². The summed E-state index contributed by atoms with van der Waals surface area (Å²) in [5.74, 6) is 0.868. The van der Waals surface area contributed by atoms with Gasteiger partial charge in [0.05, 0.1) is 7.11 Å². The van der Waals surface area contributed by atoms with Gasteiger partial charge in [0.25, 0.3) is 0 Å². The number of methoxy groups -OCH3 is 1. The average molecular weight is 276 g/mol. The predicted molar refractivity (Wildman–Crippen MR) is 85.9 cm³/mol. The van der Waals surface area contributed by atoms with Gasteiger partial charge < -0.3 is 4.74 Å². The van der Waals surface area contributed by atoms with Gasteiger partial charge in [0.2, 0.25) is 0 Å². The number of rotatable bonds is 3. The van der Waals surface area contributed by atoms with E-state index in [1.165, 1.54) is 0 Å². The summed E-state index contributed by atoms with van der Waals surface area (Å²) >= 11 is 0. The van der Waals surface area contributed by atoms with Gasteiger partial charge in [-0.25, -0.2) is 0 Å². The number of Topliss-reactive ketones (excluding diaryl/α,β-unsaturated/α-hetero) is 1. The third-order valence-electron chi connectivity index (χ3n) is 3.66. The van der Waals surface area contributed by atoms with E-state index in [1.54, 1.807) is 14.0 Å². The largest absolute Gasteiger partial charge is 0.495 e. The number of fused-ring (bicyclic) bond motifs is 1. The van der Waals surface area contributed by atoms with Crippen LogP contribution in [0.15, 0.2) is 60.7 Å². The third kappa shape index (κ3) is 2.29. The molecule has 0 saturated carbocycles. The van der Waals surface area contributed by atoms with E-state index in [1.807, 2.05) is 60.7 Å². The first-order valence-corrected chi connectivity index (χ1v) is 6.88. The molecule has 0 aliphatic carbocycles. The zero-order valence-corrected chi connectivity index (χ0v) is 12.1. The highest BCUT2D eigenvalue weighted by Crippen LogP contribution is 2.38. The van der Waals surface area contributed by atoms with Gasteiger partial charge in [0.15, 0.2) is 5.78 Å². The maximum absolute atomic E-state index is 12.0. The van der Waals surface area contributed by atoms with E-state index in [-0.39, 0.29) is 5.78 Å². The van der Waals surface area contributed by atoms with Crippen molar-refractivity contribution in [2.24, 2.45) is 0 Å². The van der Waals surface area contributed by atoms with E-state index in [9.17, 15) is 4.79 Å². The normalized spacial score (nSPS) is 10.6. The van der Waals surface area contributed by atoms with Crippen molar-refractivity contribution in [3.05, 3.63) is 66.2 Å². The second-order valence-electron chi connectivity index (χ2n) is 4.97. The topological polar surface area (TPSA) is 26.3 Å². The molecule has 2 heteroatoms. The van der Waals surface area contributed by atoms with Crippen LogP contribution in [0.1, 0.15) is 17.3 Å². The Balaban J connectivity index is 2.42. The molecule has 0 saturated heterocycles. The molecule has 0 amide bonds. The molecule has 0 aliphatic heterocycles. The first-order chi connectivity index (χ1) is 10.2. The fourth-order valence-electron chi connectivity index (χ4n) is 2.69. The van der Waals surface area contributed by atoms with Gasteiger partial charge in [0, 0.05) is 16.5 Å². The van der Waals surface area contributed by atoms with Crippen LogP contribution in [-0.4, -0.2) is 12.9 Å². The van der Waals surface area contributed by atoms with Crippen LogP contribution in [0, 0.1) is 0 Å². The van der Waals surface area contributed by atoms with E-state index in [4.69, 9.17) is 4.74 Å². The second kappa shape index (κ2) is 5.41. The Bertz CT molecular complexity index is 804. The number of ether oxygens (including phenoxy) is 1. The van der Waals surface area contributed by atoms with Crippen LogP contribution in [-0.2, 0) is 0 Å². The van der Waals surface area contributed by atoms with E-state index in [2.05, 4.69) is 0 Å². The van der Waals surface area contributed by atoms with Gasteiger partial charge >= 0.3 is 0 Å². The van der Waals surface area contributed by atoms with E-state index < -0.39 is 0 Å². The Hall–Kier alpha value is -2.61. The average Bonchev–Trinajstić information content (AvgIpc) is 2.53. The first kappa shape index (κ1) is 13.4. The predicted octanol–water partition coefficient (Wildman–Crippen LogP) is 4.72. The van der Waals surface area contributed by atoms with Crippen LogP contribution in [0.5, 0.6) is 5.75 Å². The number of ketones is 1. The summed E-state index contributed by atoms with van der Waals surface area (Å²) in [5, 5.41) is 1.90. The first-order valence-electron chi connectivity index (χ1n) is 6.88. The van der Waals surface area contributed by atoms with Crippen molar-refractivity contribution in [3.8, 4) is 16.9 Å². The quantitative estimate of drug-likeness (QED) is 0.647. The molecule has 0 atom stereocenters. The van der Waals surface area contributed by atoms with Crippen molar-refractivity contribution >= 4 is 16.6 Å². The van der Waals surface area contributed by atoms with Crippen LogP contribution in [0.4, 0.5) is 0 Å². The highest BCUT2D eigenvalue weighted by atomic mass is 16.5. The van der Waals surface area contributed by atoms with Crippen molar-refractivity contribution in [1.29, 1.82) is 0 Å². The summed E-state index contributed by atoms with van der Waals surface area (Å²) in [5.41, 5.74) is 2.72. The van der Waals surface area contributed by atoms with Crippen molar-refractivity contribution in [2.75, 3.05) is 7.11 Å². The molecule has 0 aromatic heterocycles. The summed E-state index contributed by atoms with van der Waals surface area (Å²) in [6.45, 7) is 1.60. The molecule has 2 nitrogen and oxygen atoms in total. The molecule has 0 heterocycles. The smallest absolute Gasteiger partial charge is 0.160 e. The summed E-state index contributed by atoms with van der Waals surface area (Å²) < 4.78 is 5.64. The fourth-order valence-corrected chi connectivity index (χ4v) is 2.69. The van der Waals surface area contributed by atoms with Gasteiger partial charge in [0.1, 0.15) is 5.75 Å². The number of hydrogen-bond donors (Lipinski definition) is 0. The molecular weight excluding hydrogens is 260 g/mol. The highest BCUT2D eigenvalue weighted by molar-refractivity contribution is 6.11. The van der Waals surface area contributed by atoms with Crippen LogP contribution < -0.4 is 4.74 Å². The summed E-state index contributed by atoms with van der Waals surface area (Å²) in [7, 11) is 1.67. The number of hydrogen-bond acceptors (Lipinski definition) is 2. The minimum atomic E-state index is 0.0611. The lowest BCUT2D eigenvalue weighted by molar-refractivity contribution is 0.101. The zero-order chi connectivity index (χ0) is 14.8. The molecule has 0 N–H and O–H groups in total. The Morgan fingerprint density at radius 1 is 0.905 bits per heavy atom. The molecule has 0 unspecified atom stereocenters. The number of carbonyl (C=O) groups is 1. The minimum Gasteiger partial charge on any atom is -0.495 e. The lowest BCUT2D eigenvalue weighted by Crippen LogP contribution is -1.98. The lowest BCUT2D eigenvalue weighted by atomic mass is 9.94. The number of carbonyl (C=O) groups excluding carboxylic acids is 1. The molecule has 21 heavy (non-hydrogen) atoms. The molecule has 0 fully saturated rings. The maximum atomic E-state index is 12.0. The maximum Gasteiger partial charge on any atom is 0.160 e. The summed E-state index contributed by atoms with van der Waals surface area (Å²) in [6.07, 6.45) is 0. The van der Waals surface area contributed by atoms with Crippen LogP contribution in [0.25, 0.3) is 21.9 Å². The van der Waals surface area contributed by atoms with Crippen LogP contribution in [0.3, 0.4) is 0 Å². The van der Waals surface area contributed by atoms with Crippen molar-refractivity contribution in [2.45, 2.75) is 6.92 Å². The van der Waals surface area contributed by atoms with E-state index >= 15 is 0 Å². The standard InChI is InChI=1S/C19H16O2/c1-13(20)17-12-18(14-8-4-3-5-9-14)19(21-2)16-11-7-6-10-15(16)17/h3-12H,1-2H3. The fraction of sp³-hybridized carbons (Fsp3) is 0.105. The Labute approximate surface area is 124 Å². The second-order valence-corrected chi connectivity index (χ2v) is 4.97. The molecule has 0 bridgehead atoms. The summed E-state index contributed by atoms with van der Waals surface area (Å²) in [6, 6.07) is 19.8. The Morgan fingerprint density at radius 2 is 1.52 bits per heavy atom. The molecule has 0 radical (unpaired) electrons. The molecular formula is C19H16O2. The van der Waals surface area contributed by atoms with Crippen LogP contribution >= 0.6 is 0 Å². The van der Waals surface area contributed by atoms with Crippen molar-refractivity contribution in [3.63, 3.8) is 0 Å². The van der Waals surface area contributed by atoms with Gasteiger partial charge in [-0.2, -0.15) is 0 Å². The molecule has 3 rings (SSSR count). The van der Waals surface area contributed by atoms with Crippen molar-refractivity contribution in [1.82, 2.24) is 0 Å². The molecule has 0 aliphatic rings. The van der Waals surface area contributed by atoms with Gasteiger partial charge in [-0.05, 0) is 23.9 Å². The Kier molecular flexibility index (Phi) is 3.44. The monoisotopic (exact) mass is 276 g/mol. The summed E-state index contributed by atoms with van der Waals surface area (Å²) in [4.78, 5) is 12.0. The van der Waals surface area contributed by atoms with Gasteiger partial charge in [-0.1, -0.05) is 54.6 Å². The molecule has 104 valence electrons. The van der Waals surface area contributed by atoms with E-state index in [0.29, 0.717) is 0 Å². The third-order valence-corrected chi connectivity index (χ3v) is 3.66. The highest BCUT2D eigenvalue weighted by Gasteiger charge is 2.15. The van der Waals surface area contributed by atoms with Crippen LogP contribution in [0.2, 0.25) is 0 Å². The Morgan fingerprint density at radius 3 is 2.14 bits per heavy atom. The van der Waals surface area contributed by atoms with Gasteiger partial charge in [-0.15, -0.1) is 0 Å².